The van der Waals surface area contributed by atoms with Crippen LogP contribution < -0.4 is 0 Å². The zero-order chi connectivity index (χ0) is 12.8. The average molecular weight is 258 g/mol. The van der Waals surface area contributed by atoms with Crippen molar-refractivity contribution in [3.8, 4) is 0 Å². The van der Waals surface area contributed by atoms with Crippen molar-refractivity contribution in [2.75, 3.05) is 20.6 Å². The summed E-state index contributed by atoms with van der Waals surface area (Å²) in [5.74, 6) is -0.703. The maximum absolute atomic E-state index is 11.7. The maximum Gasteiger partial charge on any atom is 0.325 e. The number of hydrogen-bond acceptors (Lipinski definition) is 4. The summed E-state index contributed by atoms with van der Waals surface area (Å²) < 4.78 is 0. The molecule has 0 aliphatic heterocycles. The Morgan fingerprint density at radius 3 is 2.76 bits per heavy atom. The van der Waals surface area contributed by atoms with Crippen molar-refractivity contribution >= 4 is 28.7 Å². The van der Waals surface area contributed by atoms with Gasteiger partial charge in [0.05, 0.1) is 5.25 Å². The van der Waals surface area contributed by atoms with Crippen molar-refractivity contribution in [1.82, 2.24) is 4.90 Å². The number of ketones is 1. The predicted octanol–water partition coefficient (Wildman–Crippen LogP) is 1.23. The number of aliphatic imine (C=N–C) groups is 1. The maximum atomic E-state index is 11.7. The fourth-order valence-electron chi connectivity index (χ4n) is 1.62. The standard InChI is InChI=1S/C11H18N2O3S/c1-13(2)11(12-7-10(15)16)17-9-6-4-3-5-8(9)14/h9H,3-7H2,1-2H3,(H,15,16)/b12-11-. The summed E-state index contributed by atoms with van der Waals surface area (Å²) in [5.41, 5.74) is 0. The monoisotopic (exact) mass is 258 g/mol. The molecule has 0 heterocycles. The summed E-state index contributed by atoms with van der Waals surface area (Å²) in [5, 5.41) is 9.16. The van der Waals surface area contributed by atoms with E-state index in [1.807, 2.05) is 0 Å². The molecule has 96 valence electrons. The number of thioether (sulfide) groups is 1. The van der Waals surface area contributed by atoms with Crippen LogP contribution in [0.5, 0.6) is 0 Å². The van der Waals surface area contributed by atoms with E-state index in [-0.39, 0.29) is 17.6 Å². The lowest BCUT2D eigenvalue weighted by Crippen LogP contribution is -2.28. The van der Waals surface area contributed by atoms with Gasteiger partial charge in [0, 0.05) is 20.5 Å². The molecule has 1 rings (SSSR count). The predicted molar refractivity (Wildman–Crippen MR) is 68.5 cm³/mol. The molecule has 0 spiro atoms. The molecule has 1 unspecified atom stereocenters. The Hall–Kier alpha value is -1.04. The summed E-state index contributed by atoms with van der Waals surface area (Å²) >= 11 is 1.39. The Morgan fingerprint density at radius 1 is 1.53 bits per heavy atom. The van der Waals surface area contributed by atoms with Gasteiger partial charge in [-0.05, 0) is 12.8 Å². The van der Waals surface area contributed by atoms with E-state index in [0.717, 1.165) is 19.3 Å². The number of Topliss-reactive ketones (excluding diaryl/α,β-unsaturated/α-hetero) is 1. The molecule has 0 radical (unpaired) electrons. The Kier molecular flexibility index (Phi) is 5.47. The molecule has 5 nitrogen and oxygen atoms in total. The number of aliphatic carboxylic acids is 1. The molecule has 0 aromatic carbocycles. The molecule has 0 saturated heterocycles. The van der Waals surface area contributed by atoms with E-state index in [4.69, 9.17) is 5.11 Å². The van der Waals surface area contributed by atoms with Crippen LogP contribution in [0, 0.1) is 0 Å². The van der Waals surface area contributed by atoms with Crippen molar-refractivity contribution in [3.05, 3.63) is 0 Å². The van der Waals surface area contributed by atoms with Crippen molar-refractivity contribution in [2.24, 2.45) is 4.99 Å². The Balaban J connectivity index is 2.62. The minimum Gasteiger partial charge on any atom is -0.480 e. The first-order chi connectivity index (χ1) is 8.00. The minimum atomic E-state index is -0.958. The van der Waals surface area contributed by atoms with Crippen LogP contribution in [0.2, 0.25) is 0 Å². The average Bonchev–Trinajstić information content (AvgIpc) is 2.25. The quantitative estimate of drug-likeness (QED) is 0.609. The second-order valence-corrected chi connectivity index (χ2v) is 5.38. The van der Waals surface area contributed by atoms with Crippen LogP contribution >= 0.6 is 11.8 Å². The van der Waals surface area contributed by atoms with Gasteiger partial charge in [-0.15, -0.1) is 0 Å². The molecule has 0 amide bonds. The van der Waals surface area contributed by atoms with Crippen LogP contribution in [0.1, 0.15) is 25.7 Å². The Labute approximate surface area is 105 Å². The van der Waals surface area contributed by atoms with Crippen LogP contribution in [0.15, 0.2) is 4.99 Å². The molecule has 1 fully saturated rings. The number of nitrogens with zero attached hydrogens (tertiary/aromatic N) is 2. The van der Waals surface area contributed by atoms with Crippen molar-refractivity contribution in [3.63, 3.8) is 0 Å². The highest BCUT2D eigenvalue weighted by Crippen LogP contribution is 2.27. The lowest BCUT2D eigenvalue weighted by Gasteiger charge is -2.23. The molecule has 1 atom stereocenters. The smallest absolute Gasteiger partial charge is 0.325 e. The van der Waals surface area contributed by atoms with Gasteiger partial charge in [-0.2, -0.15) is 0 Å². The van der Waals surface area contributed by atoms with Crippen molar-refractivity contribution in [1.29, 1.82) is 0 Å². The van der Waals surface area contributed by atoms with Crippen LogP contribution in [-0.2, 0) is 9.59 Å². The van der Waals surface area contributed by atoms with E-state index in [1.54, 1.807) is 19.0 Å². The number of hydrogen-bond donors (Lipinski definition) is 1. The molecule has 1 N–H and O–H groups in total. The largest absolute Gasteiger partial charge is 0.480 e. The first-order valence-electron chi connectivity index (χ1n) is 5.63. The van der Waals surface area contributed by atoms with Crippen molar-refractivity contribution < 1.29 is 14.7 Å². The molecule has 1 saturated carbocycles. The summed E-state index contributed by atoms with van der Waals surface area (Å²) in [4.78, 5) is 27.9. The third-order valence-corrected chi connectivity index (χ3v) is 3.97. The Morgan fingerprint density at radius 2 is 2.24 bits per heavy atom. The van der Waals surface area contributed by atoms with Gasteiger partial charge in [0.1, 0.15) is 12.3 Å². The number of amidine groups is 1. The molecular weight excluding hydrogens is 240 g/mol. The number of carbonyl (C=O) groups is 2. The van der Waals surface area contributed by atoms with E-state index in [9.17, 15) is 9.59 Å². The minimum absolute atomic E-state index is 0.0568. The lowest BCUT2D eigenvalue weighted by atomic mass is 9.99. The fourth-order valence-corrected chi connectivity index (χ4v) is 2.76. The third kappa shape index (κ3) is 4.77. The zero-order valence-electron chi connectivity index (χ0n) is 10.2. The highest BCUT2D eigenvalue weighted by molar-refractivity contribution is 8.14. The first kappa shape index (κ1) is 14.0. The highest BCUT2D eigenvalue weighted by Gasteiger charge is 2.25. The van der Waals surface area contributed by atoms with E-state index >= 15 is 0 Å². The normalized spacial score (nSPS) is 21.4. The van der Waals surface area contributed by atoms with Crippen LogP contribution in [0.3, 0.4) is 0 Å². The van der Waals surface area contributed by atoms with Crippen LogP contribution in [0.25, 0.3) is 0 Å². The molecule has 1 aliphatic carbocycles. The van der Waals surface area contributed by atoms with Gasteiger partial charge in [0.15, 0.2) is 5.17 Å². The van der Waals surface area contributed by atoms with E-state index in [1.165, 1.54) is 11.8 Å². The highest BCUT2D eigenvalue weighted by atomic mass is 32.2. The summed E-state index contributed by atoms with van der Waals surface area (Å²) in [6.45, 7) is -0.249. The van der Waals surface area contributed by atoms with Gasteiger partial charge in [-0.25, -0.2) is 0 Å². The molecular formula is C11H18N2O3S. The molecule has 0 aromatic heterocycles. The van der Waals surface area contributed by atoms with Gasteiger partial charge in [0.2, 0.25) is 0 Å². The molecule has 17 heavy (non-hydrogen) atoms. The SMILES string of the molecule is CN(C)/C(=N/CC(=O)O)SC1CCCCC1=O. The lowest BCUT2D eigenvalue weighted by molar-refractivity contribution is -0.135. The zero-order valence-corrected chi connectivity index (χ0v) is 11.0. The fraction of sp³-hybridized carbons (Fsp3) is 0.727. The van der Waals surface area contributed by atoms with Crippen LogP contribution in [0.4, 0.5) is 0 Å². The van der Waals surface area contributed by atoms with Gasteiger partial charge < -0.3 is 10.0 Å². The summed E-state index contributed by atoms with van der Waals surface area (Å²) in [6, 6.07) is 0. The molecule has 1 aliphatic rings. The number of carboxylic acids is 1. The first-order valence-corrected chi connectivity index (χ1v) is 6.51. The topological polar surface area (TPSA) is 70.0 Å². The number of carboxylic acid groups (broad SMARTS) is 1. The molecule has 0 aromatic rings. The van der Waals surface area contributed by atoms with E-state index in [2.05, 4.69) is 4.99 Å². The Bertz CT molecular complexity index is 329. The van der Waals surface area contributed by atoms with E-state index in [0.29, 0.717) is 11.6 Å². The van der Waals surface area contributed by atoms with Gasteiger partial charge in [-0.1, -0.05) is 18.2 Å². The second-order valence-electron chi connectivity index (χ2n) is 4.21. The third-order valence-electron chi connectivity index (χ3n) is 2.48. The summed E-state index contributed by atoms with van der Waals surface area (Å²) in [6.07, 6.45) is 3.53. The summed E-state index contributed by atoms with van der Waals surface area (Å²) in [7, 11) is 3.61. The second kappa shape index (κ2) is 6.64. The number of carbonyl (C=O) groups excluding carboxylic acids is 1. The van der Waals surface area contributed by atoms with Crippen LogP contribution in [-0.4, -0.2) is 52.8 Å². The number of rotatable bonds is 3. The van der Waals surface area contributed by atoms with Gasteiger partial charge in [0.25, 0.3) is 0 Å². The molecule has 6 heteroatoms. The van der Waals surface area contributed by atoms with E-state index < -0.39 is 5.97 Å². The molecule has 0 bridgehead atoms. The van der Waals surface area contributed by atoms with Gasteiger partial charge >= 0.3 is 5.97 Å². The van der Waals surface area contributed by atoms with Gasteiger partial charge in [-0.3, -0.25) is 14.6 Å². The van der Waals surface area contributed by atoms with Crippen molar-refractivity contribution in [2.45, 2.75) is 30.9 Å².